The van der Waals surface area contributed by atoms with E-state index in [9.17, 15) is 9.59 Å². The van der Waals surface area contributed by atoms with Gasteiger partial charge in [0.1, 0.15) is 0 Å². The number of likely N-dealkylation sites (tertiary alicyclic amines) is 2. The van der Waals surface area contributed by atoms with Gasteiger partial charge in [0.2, 0.25) is 5.91 Å². The molecule has 1 amide bonds. The third-order valence-electron chi connectivity index (χ3n) is 5.16. The molecule has 6 heteroatoms. The molecule has 0 saturated carbocycles. The summed E-state index contributed by atoms with van der Waals surface area (Å²) in [5, 5.41) is 8.99. The van der Waals surface area contributed by atoms with E-state index in [-0.39, 0.29) is 23.6 Å². The summed E-state index contributed by atoms with van der Waals surface area (Å²) in [6, 6.07) is 6.69. The lowest BCUT2D eigenvalue weighted by atomic mass is 9.89. The molecule has 24 heavy (non-hydrogen) atoms. The van der Waals surface area contributed by atoms with Gasteiger partial charge in [-0.05, 0) is 49.9 Å². The summed E-state index contributed by atoms with van der Waals surface area (Å²) in [4.78, 5) is 27.9. The molecule has 0 aliphatic carbocycles. The van der Waals surface area contributed by atoms with Crippen LogP contribution in [0.1, 0.15) is 47.5 Å². The SMILES string of the molecule is N[C@H]1CCCN1CCN1CCCC(c2ccc(C(=O)O)cc2)C1=O. The average Bonchev–Trinajstić information content (AvgIpc) is 2.99. The fourth-order valence-electron chi connectivity index (χ4n) is 3.71. The molecule has 1 aromatic rings. The second-order valence-corrected chi connectivity index (χ2v) is 6.69. The van der Waals surface area contributed by atoms with Crippen LogP contribution in [0.5, 0.6) is 0 Å². The van der Waals surface area contributed by atoms with E-state index in [0.29, 0.717) is 0 Å². The second kappa shape index (κ2) is 7.32. The molecule has 3 N–H and O–H groups in total. The minimum Gasteiger partial charge on any atom is -0.478 e. The fraction of sp³-hybridized carbons (Fsp3) is 0.556. The van der Waals surface area contributed by atoms with E-state index in [1.807, 2.05) is 4.90 Å². The Bertz CT molecular complexity index is 602. The first kappa shape index (κ1) is 16.9. The Morgan fingerprint density at radius 2 is 1.83 bits per heavy atom. The Balaban J connectivity index is 1.62. The molecule has 0 radical (unpaired) electrons. The van der Waals surface area contributed by atoms with Gasteiger partial charge in [0, 0.05) is 19.6 Å². The molecule has 0 bridgehead atoms. The topological polar surface area (TPSA) is 86.9 Å². The summed E-state index contributed by atoms with van der Waals surface area (Å²) in [7, 11) is 0. The van der Waals surface area contributed by atoms with Crippen molar-refractivity contribution in [1.29, 1.82) is 0 Å². The van der Waals surface area contributed by atoms with Crippen molar-refractivity contribution in [3.63, 3.8) is 0 Å². The van der Waals surface area contributed by atoms with Crippen molar-refractivity contribution in [2.24, 2.45) is 5.73 Å². The normalized spacial score (nSPS) is 25.2. The largest absolute Gasteiger partial charge is 0.478 e. The van der Waals surface area contributed by atoms with Crippen LogP contribution in [0, 0.1) is 0 Å². The third-order valence-corrected chi connectivity index (χ3v) is 5.16. The molecule has 0 aromatic heterocycles. The smallest absolute Gasteiger partial charge is 0.335 e. The summed E-state index contributed by atoms with van der Waals surface area (Å²) >= 11 is 0. The van der Waals surface area contributed by atoms with Crippen molar-refractivity contribution in [3.05, 3.63) is 35.4 Å². The minimum absolute atomic E-state index is 0.129. The molecule has 6 nitrogen and oxygen atoms in total. The quantitative estimate of drug-likeness (QED) is 0.853. The van der Waals surface area contributed by atoms with Gasteiger partial charge in [-0.1, -0.05) is 12.1 Å². The number of hydrogen-bond acceptors (Lipinski definition) is 4. The Morgan fingerprint density at radius 3 is 2.46 bits per heavy atom. The number of carbonyl (C=O) groups excluding carboxylic acids is 1. The van der Waals surface area contributed by atoms with Crippen LogP contribution in [-0.4, -0.2) is 59.1 Å². The van der Waals surface area contributed by atoms with Crippen LogP contribution >= 0.6 is 0 Å². The first-order valence-corrected chi connectivity index (χ1v) is 8.68. The maximum atomic E-state index is 12.8. The Hall–Kier alpha value is -1.92. The lowest BCUT2D eigenvalue weighted by Gasteiger charge is -2.34. The number of carboxylic acids is 1. The molecule has 2 aliphatic heterocycles. The number of piperidine rings is 1. The molecule has 1 unspecified atom stereocenters. The van der Waals surface area contributed by atoms with Crippen molar-refractivity contribution in [2.75, 3.05) is 26.2 Å². The van der Waals surface area contributed by atoms with E-state index in [1.54, 1.807) is 24.3 Å². The molecule has 0 spiro atoms. The van der Waals surface area contributed by atoms with Crippen LogP contribution in [0.2, 0.25) is 0 Å². The lowest BCUT2D eigenvalue weighted by Crippen LogP contribution is -2.46. The number of nitrogens with zero attached hydrogens (tertiary/aromatic N) is 2. The summed E-state index contributed by atoms with van der Waals surface area (Å²) < 4.78 is 0. The average molecular weight is 331 g/mol. The molecule has 3 rings (SSSR count). The molecule has 2 aliphatic rings. The molecule has 2 heterocycles. The van der Waals surface area contributed by atoms with Gasteiger partial charge in [-0.25, -0.2) is 4.79 Å². The molecule has 1 aromatic carbocycles. The number of nitrogens with two attached hydrogens (primary N) is 1. The summed E-state index contributed by atoms with van der Waals surface area (Å²) in [6.07, 6.45) is 4.10. The van der Waals surface area contributed by atoms with E-state index in [2.05, 4.69) is 4.90 Å². The monoisotopic (exact) mass is 331 g/mol. The predicted molar refractivity (Wildman–Crippen MR) is 90.7 cm³/mol. The summed E-state index contributed by atoms with van der Waals surface area (Å²) in [5.74, 6) is -0.953. The van der Waals surface area contributed by atoms with Crippen molar-refractivity contribution < 1.29 is 14.7 Å². The number of carboxylic acid groups (broad SMARTS) is 1. The van der Waals surface area contributed by atoms with Crippen LogP contribution in [0.25, 0.3) is 0 Å². The zero-order chi connectivity index (χ0) is 17.1. The van der Waals surface area contributed by atoms with Crippen LogP contribution in [0.4, 0.5) is 0 Å². The highest BCUT2D eigenvalue weighted by Crippen LogP contribution is 2.28. The standard InChI is InChI=1S/C18H25N3O3/c19-16-4-2-9-20(16)11-12-21-10-1-3-15(17(21)22)13-5-7-14(8-6-13)18(23)24/h5-8,15-16H,1-4,9-12,19H2,(H,23,24)/t15?,16-/m1/s1. The van der Waals surface area contributed by atoms with Gasteiger partial charge >= 0.3 is 5.97 Å². The van der Waals surface area contributed by atoms with Gasteiger partial charge in [0.25, 0.3) is 0 Å². The molecular formula is C18H25N3O3. The number of benzene rings is 1. The number of amides is 1. The van der Waals surface area contributed by atoms with Gasteiger partial charge in [-0.3, -0.25) is 9.69 Å². The maximum absolute atomic E-state index is 12.8. The molecule has 2 saturated heterocycles. The molecular weight excluding hydrogens is 306 g/mol. The van der Waals surface area contributed by atoms with Crippen molar-refractivity contribution in [2.45, 2.75) is 37.8 Å². The summed E-state index contributed by atoms with van der Waals surface area (Å²) in [5.41, 5.74) is 7.22. The van der Waals surface area contributed by atoms with E-state index in [4.69, 9.17) is 10.8 Å². The van der Waals surface area contributed by atoms with Crippen LogP contribution in [-0.2, 0) is 4.79 Å². The van der Waals surface area contributed by atoms with Gasteiger partial charge in [-0.2, -0.15) is 0 Å². The van der Waals surface area contributed by atoms with E-state index in [1.165, 1.54) is 0 Å². The predicted octanol–water partition coefficient (Wildman–Crippen LogP) is 1.47. The highest BCUT2D eigenvalue weighted by molar-refractivity contribution is 5.88. The van der Waals surface area contributed by atoms with Gasteiger partial charge < -0.3 is 15.7 Å². The van der Waals surface area contributed by atoms with Crippen molar-refractivity contribution in [3.8, 4) is 0 Å². The number of rotatable bonds is 5. The van der Waals surface area contributed by atoms with Gasteiger partial charge in [-0.15, -0.1) is 0 Å². The maximum Gasteiger partial charge on any atom is 0.335 e. The number of hydrogen-bond donors (Lipinski definition) is 2. The Labute approximate surface area is 142 Å². The Morgan fingerprint density at radius 1 is 1.12 bits per heavy atom. The zero-order valence-electron chi connectivity index (χ0n) is 13.9. The van der Waals surface area contributed by atoms with Gasteiger partial charge in [0.15, 0.2) is 0 Å². The minimum atomic E-state index is -0.944. The van der Waals surface area contributed by atoms with Crippen LogP contribution < -0.4 is 5.73 Å². The Kier molecular flexibility index (Phi) is 5.16. The number of aromatic carboxylic acids is 1. The van der Waals surface area contributed by atoms with Crippen LogP contribution in [0.15, 0.2) is 24.3 Å². The van der Waals surface area contributed by atoms with Crippen molar-refractivity contribution >= 4 is 11.9 Å². The van der Waals surface area contributed by atoms with E-state index in [0.717, 1.165) is 57.4 Å². The van der Waals surface area contributed by atoms with Crippen molar-refractivity contribution in [1.82, 2.24) is 9.80 Å². The number of carbonyl (C=O) groups is 2. The molecule has 2 fully saturated rings. The zero-order valence-corrected chi connectivity index (χ0v) is 13.9. The lowest BCUT2D eigenvalue weighted by molar-refractivity contribution is -0.135. The summed E-state index contributed by atoms with van der Waals surface area (Å²) in [6.45, 7) is 3.36. The molecule has 2 atom stereocenters. The highest BCUT2D eigenvalue weighted by Gasteiger charge is 2.30. The fourth-order valence-corrected chi connectivity index (χ4v) is 3.71. The second-order valence-electron chi connectivity index (χ2n) is 6.69. The van der Waals surface area contributed by atoms with E-state index < -0.39 is 5.97 Å². The first-order valence-electron chi connectivity index (χ1n) is 8.68. The highest BCUT2D eigenvalue weighted by atomic mass is 16.4. The van der Waals surface area contributed by atoms with Gasteiger partial charge in [0.05, 0.1) is 17.6 Å². The molecule has 130 valence electrons. The first-order chi connectivity index (χ1) is 11.6. The van der Waals surface area contributed by atoms with E-state index >= 15 is 0 Å². The van der Waals surface area contributed by atoms with Crippen LogP contribution in [0.3, 0.4) is 0 Å². The third kappa shape index (κ3) is 3.60.